The number of aromatic amines is 1. The van der Waals surface area contributed by atoms with E-state index in [2.05, 4.69) is 49.7 Å². The van der Waals surface area contributed by atoms with Gasteiger partial charge in [0, 0.05) is 41.8 Å². The summed E-state index contributed by atoms with van der Waals surface area (Å²) in [5.41, 5.74) is 5.27. The molecule has 7 rings (SSSR count). The Hall–Kier alpha value is -4.65. The van der Waals surface area contributed by atoms with Crippen LogP contribution in [0.5, 0.6) is 5.75 Å². The van der Waals surface area contributed by atoms with Gasteiger partial charge < -0.3 is 25.2 Å². The van der Waals surface area contributed by atoms with Crippen molar-refractivity contribution in [2.75, 3.05) is 30.4 Å². The van der Waals surface area contributed by atoms with Gasteiger partial charge >= 0.3 is 12.1 Å². The van der Waals surface area contributed by atoms with Gasteiger partial charge in [-0.2, -0.15) is 18.3 Å². The van der Waals surface area contributed by atoms with E-state index in [9.17, 15) is 23.1 Å². The fraction of sp³-hybridized carbons (Fsp3) is 0.333. The summed E-state index contributed by atoms with van der Waals surface area (Å²) in [5.74, 6) is -0.881. The van der Waals surface area contributed by atoms with Crippen molar-refractivity contribution < 1.29 is 37.7 Å². The number of rotatable bonds is 4. The van der Waals surface area contributed by atoms with E-state index in [1.165, 1.54) is 0 Å². The molecule has 0 radical (unpaired) electrons. The van der Waals surface area contributed by atoms with Crippen LogP contribution in [0, 0.1) is 0 Å². The number of methoxy groups -OCH3 is 1. The number of alkyl halides is 3. The minimum atomic E-state index is -5.08. The first-order chi connectivity index (χ1) is 20.5. The number of aliphatic hydroxyl groups is 1. The van der Waals surface area contributed by atoms with Crippen LogP contribution < -0.4 is 15.0 Å². The Morgan fingerprint density at radius 2 is 1.86 bits per heavy atom. The number of carbonyl (C=O) groups is 2. The number of hydrogen-bond acceptors (Lipinski definition) is 7. The first kappa shape index (κ1) is 28.5. The number of fused-ring (bicyclic) bond motifs is 3. The van der Waals surface area contributed by atoms with E-state index < -0.39 is 17.6 Å². The van der Waals surface area contributed by atoms with Crippen molar-refractivity contribution in [3.8, 4) is 17.0 Å². The molecule has 1 amide bonds. The van der Waals surface area contributed by atoms with Crippen LogP contribution in [0.2, 0.25) is 0 Å². The molecule has 1 saturated carbocycles. The molecule has 224 valence electrons. The maximum absolute atomic E-state index is 13.0. The number of piperidine rings is 1. The highest BCUT2D eigenvalue weighted by molar-refractivity contribution is 6.10. The molecule has 2 fully saturated rings. The molecule has 4 N–H and O–H groups in total. The average Bonchev–Trinajstić information content (AvgIpc) is 3.52. The Balaban J connectivity index is 0.000000423. The molecule has 0 bridgehead atoms. The summed E-state index contributed by atoms with van der Waals surface area (Å²) >= 11 is 0. The molecule has 2 atom stereocenters. The summed E-state index contributed by atoms with van der Waals surface area (Å²) < 4.78 is 37.2. The second kappa shape index (κ2) is 10.6. The number of pyridine rings is 1. The van der Waals surface area contributed by atoms with Crippen molar-refractivity contribution in [1.82, 2.24) is 15.2 Å². The smallest absolute Gasteiger partial charge is 0.490 e. The number of nitrogens with one attached hydrogen (secondary N) is 2. The van der Waals surface area contributed by atoms with Crippen LogP contribution in [0.25, 0.3) is 22.2 Å². The van der Waals surface area contributed by atoms with E-state index in [0.29, 0.717) is 0 Å². The van der Waals surface area contributed by atoms with E-state index >= 15 is 0 Å². The molecule has 4 heterocycles. The number of carbonyl (C=O) groups excluding carboxylic acids is 1. The molecule has 2 aromatic heterocycles. The van der Waals surface area contributed by atoms with Gasteiger partial charge in [-0.05, 0) is 66.8 Å². The van der Waals surface area contributed by atoms with Crippen LogP contribution >= 0.6 is 0 Å². The van der Waals surface area contributed by atoms with Gasteiger partial charge in [-0.1, -0.05) is 12.1 Å². The quantitative estimate of drug-likeness (QED) is 0.268. The third-order valence-electron chi connectivity index (χ3n) is 8.36. The number of carboxylic acid groups (broad SMARTS) is 1. The van der Waals surface area contributed by atoms with Crippen LogP contribution in [0.15, 0.2) is 54.7 Å². The maximum Gasteiger partial charge on any atom is 0.490 e. The molecular weight excluding hydrogens is 567 g/mol. The van der Waals surface area contributed by atoms with Crippen molar-refractivity contribution in [3.63, 3.8) is 0 Å². The molecule has 2 aromatic carbocycles. The Kier molecular flexibility index (Phi) is 6.99. The van der Waals surface area contributed by atoms with Gasteiger partial charge in [0.15, 0.2) is 0 Å². The summed E-state index contributed by atoms with van der Waals surface area (Å²) in [7, 11) is 1.65. The Bertz CT molecular complexity index is 1700. The van der Waals surface area contributed by atoms with Crippen molar-refractivity contribution in [2.45, 2.75) is 42.9 Å². The predicted octanol–water partition coefficient (Wildman–Crippen LogP) is 4.61. The lowest BCUT2D eigenvalue weighted by molar-refractivity contribution is -0.192. The zero-order valence-corrected chi connectivity index (χ0v) is 23.0. The van der Waals surface area contributed by atoms with Gasteiger partial charge in [-0.15, -0.1) is 0 Å². The number of aliphatic carboxylic acids is 1. The monoisotopic (exact) mass is 595 g/mol. The molecule has 3 aliphatic rings. The Morgan fingerprint density at radius 3 is 2.51 bits per heavy atom. The number of nitrogens with zero attached hydrogens (tertiary/aromatic N) is 3. The second-order valence-electron chi connectivity index (χ2n) is 10.9. The first-order valence-corrected chi connectivity index (χ1v) is 13.7. The number of benzene rings is 2. The summed E-state index contributed by atoms with van der Waals surface area (Å²) in [6, 6.07) is 16.2. The second-order valence-corrected chi connectivity index (χ2v) is 10.9. The molecule has 1 aliphatic carbocycles. The minimum Gasteiger partial charge on any atom is -0.497 e. The number of hydrogen-bond donors (Lipinski definition) is 4. The van der Waals surface area contributed by atoms with E-state index in [4.69, 9.17) is 14.6 Å². The summed E-state index contributed by atoms with van der Waals surface area (Å²) in [5, 5.41) is 28.7. The van der Waals surface area contributed by atoms with Crippen LogP contribution in [0.3, 0.4) is 0 Å². The Labute approximate surface area is 243 Å². The highest BCUT2D eigenvalue weighted by Gasteiger charge is 2.65. The lowest BCUT2D eigenvalue weighted by Crippen LogP contribution is -2.36. The van der Waals surface area contributed by atoms with Gasteiger partial charge in [0.1, 0.15) is 17.3 Å². The number of amides is 1. The molecule has 1 spiro atoms. The molecule has 1 saturated heterocycles. The minimum absolute atomic E-state index is 0.0653. The normalized spacial score (nSPS) is 21.3. The van der Waals surface area contributed by atoms with Gasteiger partial charge in [0.05, 0.1) is 24.1 Å². The van der Waals surface area contributed by atoms with Crippen molar-refractivity contribution >= 4 is 34.3 Å². The highest BCUT2D eigenvalue weighted by Crippen LogP contribution is 2.65. The van der Waals surface area contributed by atoms with E-state index in [0.717, 1.165) is 82.9 Å². The summed E-state index contributed by atoms with van der Waals surface area (Å²) in [6.07, 6.45) is -1.08. The molecule has 10 nitrogen and oxygen atoms in total. The molecule has 2 aliphatic heterocycles. The van der Waals surface area contributed by atoms with E-state index in [-0.39, 0.29) is 17.9 Å². The average molecular weight is 596 g/mol. The molecular formula is C30H28F3N5O5. The third-order valence-corrected chi connectivity index (χ3v) is 8.36. The number of carboxylic acids is 1. The molecule has 2 unspecified atom stereocenters. The molecule has 13 heteroatoms. The van der Waals surface area contributed by atoms with Crippen LogP contribution in [-0.2, 0) is 15.0 Å². The standard InChI is InChI=1S/C28H27N5O3.C2HF3O2/c1-36-19-4-6-23-21(13-19)28(27(35)30-23)14-22(28)16-2-5-20-24(12-16)31-32-26(20)17-3-7-25(29-15-17)33-10-8-18(34)9-11-33;3-2(4,5)1(6)7/h2-7,12-13,15,18,22,34H,8-11,14H2,1H3,(H,30,35)(H,31,32);(H,6,7). The zero-order chi connectivity index (χ0) is 30.5. The van der Waals surface area contributed by atoms with Crippen molar-refractivity contribution in [2.24, 2.45) is 0 Å². The lowest BCUT2D eigenvalue weighted by atomic mass is 9.91. The number of aliphatic hydroxyl groups excluding tert-OH is 1. The molecule has 4 aromatic rings. The van der Waals surface area contributed by atoms with Gasteiger partial charge in [0.2, 0.25) is 5.91 Å². The number of anilines is 2. The number of ether oxygens (including phenoxy) is 1. The van der Waals surface area contributed by atoms with Crippen LogP contribution in [-0.4, -0.2) is 69.8 Å². The first-order valence-electron chi connectivity index (χ1n) is 13.7. The van der Waals surface area contributed by atoms with Gasteiger partial charge in [0.25, 0.3) is 0 Å². The fourth-order valence-corrected chi connectivity index (χ4v) is 5.98. The topological polar surface area (TPSA) is 141 Å². The number of aromatic nitrogens is 3. The SMILES string of the molecule is COc1ccc2c(c1)C1(CC1c1ccc3c(-c4ccc(N5CCC(O)CC5)nc4)n[nH]c3c1)C(=O)N2.O=C(O)C(F)(F)F. The third kappa shape index (κ3) is 5.13. The summed E-state index contributed by atoms with van der Waals surface area (Å²) in [6.45, 7) is 1.64. The van der Waals surface area contributed by atoms with Gasteiger partial charge in [-0.3, -0.25) is 9.89 Å². The molecule has 43 heavy (non-hydrogen) atoms. The largest absolute Gasteiger partial charge is 0.497 e. The number of H-pyrrole nitrogens is 1. The van der Waals surface area contributed by atoms with Crippen molar-refractivity contribution in [3.05, 3.63) is 65.9 Å². The lowest BCUT2D eigenvalue weighted by Gasteiger charge is -2.30. The van der Waals surface area contributed by atoms with Gasteiger partial charge in [-0.25, -0.2) is 9.78 Å². The van der Waals surface area contributed by atoms with Crippen LogP contribution in [0.4, 0.5) is 24.7 Å². The maximum atomic E-state index is 13.0. The highest BCUT2D eigenvalue weighted by atomic mass is 19.4. The number of halogens is 3. The fourth-order valence-electron chi connectivity index (χ4n) is 5.98. The predicted molar refractivity (Wildman–Crippen MR) is 151 cm³/mol. The van der Waals surface area contributed by atoms with E-state index in [1.54, 1.807) is 7.11 Å². The summed E-state index contributed by atoms with van der Waals surface area (Å²) in [4.78, 5) is 28.8. The zero-order valence-electron chi connectivity index (χ0n) is 23.0. The Morgan fingerprint density at radius 1 is 1.12 bits per heavy atom. The van der Waals surface area contributed by atoms with E-state index in [1.807, 2.05) is 30.5 Å². The van der Waals surface area contributed by atoms with Crippen molar-refractivity contribution in [1.29, 1.82) is 0 Å². The van der Waals surface area contributed by atoms with Crippen LogP contribution in [0.1, 0.15) is 36.3 Å².